The van der Waals surface area contributed by atoms with Crippen molar-refractivity contribution >= 4 is 0 Å². The van der Waals surface area contributed by atoms with Crippen LogP contribution in [0.5, 0.6) is 0 Å². The minimum absolute atomic E-state index is 0.0478. The molecular formula is C13H18FN. The number of benzene rings is 1. The fraction of sp³-hybridized carbons (Fsp3) is 0.538. The maximum Gasteiger partial charge on any atom is 0.126 e. The zero-order chi connectivity index (χ0) is 10.9. The van der Waals surface area contributed by atoms with E-state index in [1.54, 1.807) is 6.07 Å². The summed E-state index contributed by atoms with van der Waals surface area (Å²) >= 11 is 0. The summed E-state index contributed by atoms with van der Waals surface area (Å²) in [6, 6.07) is 5.36. The van der Waals surface area contributed by atoms with Crippen LogP contribution in [0.4, 0.5) is 4.39 Å². The molecule has 1 fully saturated rings. The molecule has 0 aromatic heterocycles. The molecule has 1 aliphatic carbocycles. The Kier molecular flexibility index (Phi) is 2.79. The smallest absolute Gasteiger partial charge is 0.126 e. The summed E-state index contributed by atoms with van der Waals surface area (Å²) in [6.07, 6.45) is 4.64. The Bertz CT molecular complexity index is 354. The highest BCUT2D eigenvalue weighted by atomic mass is 19.1. The first-order valence-corrected chi connectivity index (χ1v) is 5.65. The van der Waals surface area contributed by atoms with Gasteiger partial charge in [0.15, 0.2) is 0 Å². The molecule has 1 aromatic carbocycles. The van der Waals surface area contributed by atoms with Crippen LogP contribution in [0.2, 0.25) is 0 Å². The third-order valence-corrected chi connectivity index (χ3v) is 3.79. The molecule has 0 radical (unpaired) electrons. The molecule has 1 aromatic rings. The molecule has 0 aliphatic heterocycles. The quantitative estimate of drug-likeness (QED) is 0.792. The second-order valence-electron chi connectivity index (χ2n) is 4.60. The minimum atomic E-state index is -0.104. The van der Waals surface area contributed by atoms with Gasteiger partial charge in [-0.05, 0) is 37.0 Å². The summed E-state index contributed by atoms with van der Waals surface area (Å²) in [5, 5.41) is 0. The summed E-state index contributed by atoms with van der Waals surface area (Å²) < 4.78 is 13.5. The van der Waals surface area contributed by atoms with E-state index in [1.807, 2.05) is 13.0 Å². The first-order valence-electron chi connectivity index (χ1n) is 5.65. The summed E-state index contributed by atoms with van der Waals surface area (Å²) in [7, 11) is 0. The van der Waals surface area contributed by atoms with Crippen LogP contribution in [-0.2, 0) is 5.41 Å². The van der Waals surface area contributed by atoms with Crippen LogP contribution in [0.25, 0.3) is 0 Å². The van der Waals surface area contributed by atoms with Gasteiger partial charge in [0, 0.05) is 12.0 Å². The predicted molar refractivity (Wildman–Crippen MR) is 60.3 cm³/mol. The Morgan fingerprint density at radius 2 is 2.00 bits per heavy atom. The van der Waals surface area contributed by atoms with Crippen molar-refractivity contribution in [3.05, 3.63) is 35.1 Å². The average molecular weight is 207 g/mol. The van der Waals surface area contributed by atoms with E-state index in [0.717, 1.165) is 24.0 Å². The van der Waals surface area contributed by atoms with Crippen LogP contribution in [0.15, 0.2) is 18.2 Å². The number of hydrogen-bond acceptors (Lipinski definition) is 1. The third kappa shape index (κ3) is 1.67. The SMILES string of the molecule is Cc1c(F)cccc1C1(CN)CCCC1. The average Bonchev–Trinajstić information content (AvgIpc) is 2.72. The lowest BCUT2D eigenvalue weighted by Gasteiger charge is -2.29. The van der Waals surface area contributed by atoms with Crippen molar-refractivity contribution in [2.75, 3.05) is 6.54 Å². The molecule has 1 nitrogen and oxygen atoms in total. The lowest BCUT2D eigenvalue weighted by Crippen LogP contribution is -2.33. The van der Waals surface area contributed by atoms with Gasteiger partial charge in [0.1, 0.15) is 5.82 Å². The van der Waals surface area contributed by atoms with Crippen molar-refractivity contribution in [3.8, 4) is 0 Å². The Balaban J connectivity index is 2.47. The molecule has 0 atom stereocenters. The third-order valence-electron chi connectivity index (χ3n) is 3.79. The molecule has 0 spiro atoms. The molecule has 1 aliphatic rings. The van der Waals surface area contributed by atoms with E-state index in [1.165, 1.54) is 18.9 Å². The highest BCUT2D eigenvalue weighted by Crippen LogP contribution is 2.41. The Morgan fingerprint density at radius 1 is 1.33 bits per heavy atom. The van der Waals surface area contributed by atoms with Crippen LogP contribution in [0, 0.1) is 12.7 Å². The molecule has 82 valence electrons. The Labute approximate surface area is 90.5 Å². The molecule has 0 bridgehead atoms. The van der Waals surface area contributed by atoms with Crippen molar-refractivity contribution in [2.45, 2.75) is 38.0 Å². The fourth-order valence-corrected chi connectivity index (χ4v) is 2.82. The second-order valence-corrected chi connectivity index (χ2v) is 4.60. The lowest BCUT2D eigenvalue weighted by molar-refractivity contribution is 0.446. The monoisotopic (exact) mass is 207 g/mol. The molecule has 0 saturated heterocycles. The largest absolute Gasteiger partial charge is 0.330 e. The fourth-order valence-electron chi connectivity index (χ4n) is 2.82. The standard InChI is InChI=1S/C13H18FN/c1-10-11(5-4-6-12(10)14)13(9-15)7-2-3-8-13/h4-6H,2-3,7-9,15H2,1H3. The van der Waals surface area contributed by atoms with E-state index >= 15 is 0 Å². The summed E-state index contributed by atoms with van der Waals surface area (Å²) in [4.78, 5) is 0. The molecule has 2 N–H and O–H groups in total. The first-order chi connectivity index (χ1) is 7.19. The summed E-state index contributed by atoms with van der Waals surface area (Å²) in [5.41, 5.74) is 7.85. The van der Waals surface area contributed by atoms with E-state index in [-0.39, 0.29) is 11.2 Å². The number of halogens is 1. The van der Waals surface area contributed by atoms with Crippen LogP contribution in [0.1, 0.15) is 36.8 Å². The van der Waals surface area contributed by atoms with Crippen LogP contribution >= 0.6 is 0 Å². The van der Waals surface area contributed by atoms with Crippen LogP contribution in [0.3, 0.4) is 0 Å². The minimum Gasteiger partial charge on any atom is -0.330 e. The van der Waals surface area contributed by atoms with E-state index in [9.17, 15) is 4.39 Å². The van der Waals surface area contributed by atoms with Gasteiger partial charge in [0.05, 0.1) is 0 Å². The van der Waals surface area contributed by atoms with E-state index in [0.29, 0.717) is 6.54 Å². The van der Waals surface area contributed by atoms with Gasteiger partial charge in [-0.15, -0.1) is 0 Å². The molecule has 1 saturated carbocycles. The van der Waals surface area contributed by atoms with Gasteiger partial charge in [-0.1, -0.05) is 25.0 Å². The molecule has 0 unspecified atom stereocenters. The van der Waals surface area contributed by atoms with Crippen molar-refractivity contribution in [2.24, 2.45) is 5.73 Å². The van der Waals surface area contributed by atoms with Crippen molar-refractivity contribution in [3.63, 3.8) is 0 Å². The predicted octanol–water partition coefficient (Wildman–Crippen LogP) is 2.90. The first kappa shape index (κ1) is 10.6. The molecular weight excluding hydrogens is 189 g/mol. The molecule has 2 rings (SSSR count). The summed E-state index contributed by atoms with van der Waals surface area (Å²) in [5.74, 6) is -0.104. The topological polar surface area (TPSA) is 26.0 Å². The van der Waals surface area contributed by atoms with Gasteiger partial charge in [-0.3, -0.25) is 0 Å². The number of rotatable bonds is 2. The van der Waals surface area contributed by atoms with Crippen LogP contribution in [-0.4, -0.2) is 6.54 Å². The molecule has 0 amide bonds. The molecule has 15 heavy (non-hydrogen) atoms. The Morgan fingerprint density at radius 3 is 2.60 bits per heavy atom. The zero-order valence-electron chi connectivity index (χ0n) is 9.22. The van der Waals surface area contributed by atoms with E-state index in [4.69, 9.17) is 5.73 Å². The van der Waals surface area contributed by atoms with Crippen molar-refractivity contribution < 1.29 is 4.39 Å². The maximum atomic E-state index is 13.5. The number of nitrogens with two attached hydrogens (primary N) is 1. The second kappa shape index (κ2) is 3.93. The van der Waals surface area contributed by atoms with Gasteiger partial charge in [0.2, 0.25) is 0 Å². The van der Waals surface area contributed by atoms with Gasteiger partial charge in [0.25, 0.3) is 0 Å². The van der Waals surface area contributed by atoms with Gasteiger partial charge >= 0.3 is 0 Å². The van der Waals surface area contributed by atoms with Crippen LogP contribution < -0.4 is 5.73 Å². The Hall–Kier alpha value is -0.890. The maximum absolute atomic E-state index is 13.5. The van der Waals surface area contributed by atoms with Crippen molar-refractivity contribution in [1.82, 2.24) is 0 Å². The van der Waals surface area contributed by atoms with E-state index < -0.39 is 0 Å². The summed E-state index contributed by atoms with van der Waals surface area (Å²) in [6.45, 7) is 2.50. The lowest BCUT2D eigenvalue weighted by atomic mass is 9.77. The van der Waals surface area contributed by atoms with E-state index in [2.05, 4.69) is 0 Å². The highest BCUT2D eigenvalue weighted by molar-refractivity contribution is 5.35. The number of hydrogen-bond donors (Lipinski definition) is 1. The van der Waals surface area contributed by atoms with Gasteiger partial charge in [-0.2, -0.15) is 0 Å². The normalized spacial score (nSPS) is 19.4. The van der Waals surface area contributed by atoms with Crippen molar-refractivity contribution in [1.29, 1.82) is 0 Å². The molecule has 0 heterocycles. The zero-order valence-corrected chi connectivity index (χ0v) is 9.22. The highest BCUT2D eigenvalue weighted by Gasteiger charge is 2.35. The van der Waals surface area contributed by atoms with Gasteiger partial charge in [-0.25, -0.2) is 4.39 Å². The van der Waals surface area contributed by atoms with Gasteiger partial charge < -0.3 is 5.73 Å². The molecule has 2 heteroatoms.